The van der Waals surface area contributed by atoms with Gasteiger partial charge in [0.05, 0.1) is 13.2 Å². The zero-order valence-electron chi connectivity index (χ0n) is 26.3. The van der Waals surface area contributed by atoms with Gasteiger partial charge in [0, 0.05) is 19.8 Å². The van der Waals surface area contributed by atoms with Gasteiger partial charge in [-0.25, -0.2) is 0 Å². The van der Waals surface area contributed by atoms with Crippen LogP contribution in [0.25, 0.3) is 0 Å². The first-order valence-electron chi connectivity index (χ1n) is 17.1. The third-order valence-electron chi connectivity index (χ3n) is 8.87. The molecular formula is C32H60O11. The van der Waals surface area contributed by atoms with Crippen LogP contribution in [0, 0.1) is 0 Å². The van der Waals surface area contributed by atoms with Gasteiger partial charge >= 0.3 is 0 Å². The predicted octanol–water partition coefficient (Wildman–Crippen LogP) is 2.95. The Morgan fingerprint density at radius 3 is 1.49 bits per heavy atom. The Balaban J connectivity index is 1.64. The Hall–Kier alpha value is -0.440. The van der Waals surface area contributed by atoms with Crippen molar-refractivity contribution in [3.8, 4) is 0 Å². The molecule has 4 aliphatic rings. The van der Waals surface area contributed by atoms with Crippen LogP contribution in [-0.2, 0) is 28.4 Å². The maximum atomic E-state index is 11.0. The highest BCUT2D eigenvalue weighted by molar-refractivity contribution is 4.94. The lowest BCUT2D eigenvalue weighted by atomic mass is 9.97. The first kappa shape index (κ1) is 37.0. The largest absolute Gasteiger partial charge is 0.394 e. The fourth-order valence-corrected chi connectivity index (χ4v) is 6.18. The number of aliphatic hydroxyl groups is 5. The smallest absolute Gasteiger partial charge is 0.187 e. The van der Waals surface area contributed by atoms with Crippen molar-refractivity contribution >= 4 is 0 Å². The molecule has 4 aliphatic heterocycles. The number of ether oxygens (including phenoxy) is 6. The third-order valence-corrected chi connectivity index (χ3v) is 8.87. The zero-order chi connectivity index (χ0) is 30.9. The lowest BCUT2D eigenvalue weighted by Crippen LogP contribution is -2.65. The summed E-state index contributed by atoms with van der Waals surface area (Å²) in [5, 5.41) is 53.7. The van der Waals surface area contributed by atoms with E-state index in [0.29, 0.717) is 19.8 Å². The molecule has 10 atom stereocenters. The van der Waals surface area contributed by atoms with E-state index in [1.807, 2.05) is 6.92 Å². The minimum absolute atomic E-state index is 0.0637. The summed E-state index contributed by atoms with van der Waals surface area (Å²) < 4.78 is 35.1. The van der Waals surface area contributed by atoms with Crippen molar-refractivity contribution in [3.63, 3.8) is 0 Å². The molecule has 0 radical (unpaired) electrons. The van der Waals surface area contributed by atoms with Crippen LogP contribution in [0.5, 0.6) is 0 Å². The Kier molecular flexibility index (Phi) is 18.4. The number of hydrogen-bond acceptors (Lipinski definition) is 11. The second-order valence-corrected chi connectivity index (χ2v) is 12.4. The molecule has 11 heteroatoms. The van der Waals surface area contributed by atoms with Crippen LogP contribution in [-0.4, -0.2) is 120 Å². The SMILES string of the molecule is CCOCC1OC2OCCCCCCCCCCCCCCCCCCOC3C(CO)OC(OC2C(O)C1O)C(O)C3O. The molecule has 0 aromatic rings. The number of rotatable bonds is 4. The monoisotopic (exact) mass is 620 g/mol. The molecule has 2 bridgehead atoms. The van der Waals surface area contributed by atoms with Crippen molar-refractivity contribution in [3.05, 3.63) is 0 Å². The van der Waals surface area contributed by atoms with Crippen molar-refractivity contribution in [2.75, 3.05) is 33.0 Å². The van der Waals surface area contributed by atoms with E-state index in [0.717, 1.165) is 38.5 Å². The number of hydrogen-bond donors (Lipinski definition) is 5. The maximum Gasteiger partial charge on any atom is 0.187 e. The Morgan fingerprint density at radius 2 is 0.977 bits per heavy atom. The fourth-order valence-electron chi connectivity index (χ4n) is 6.18. The first-order valence-corrected chi connectivity index (χ1v) is 17.1. The highest BCUT2D eigenvalue weighted by atomic mass is 16.8. The van der Waals surface area contributed by atoms with Crippen molar-refractivity contribution in [1.82, 2.24) is 0 Å². The van der Waals surface area contributed by atoms with Gasteiger partial charge in [-0.15, -0.1) is 0 Å². The minimum atomic E-state index is -1.53. The fraction of sp³-hybridized carbons (Fsp3) is 1.00. The zero-order valence-corrected chi connectivity index (χ0v) is 26.3. The summed E-state index contributed by atoms with van der Waals surface area (Å²) in [6, 6.07) is 0. The quantitative estimate of drug-likeness (QED) is 0.315. The average molecular weight is 621 g/mol. The Bertz CT molecular complexity index is 698. The molecule has 5 N–H and O–H groups in total. The second kappa shape index (κ2) is 21.4. The molecule has 4 heterocycles. The summed E-state index contributed by atoms with van der Waals surface area (Å²) in [6.07, 6.45) is 6.48. The summed E-state index contributed by atoms with van der Waals surface area (Å²) >= 11 is 0. The Labute approximate surface area is 258 Å². The number of aliphatic hydroxyl groups excluding tert-OH is 5. The van der Waals surface area contributed by atoms with Gasteiger partial charge < -0.3 is 54.0 Å². The molecule has 0 aromatic carbocycles. The van der Waals surface area contributed by atoms with E-state index in [4.69, 9.17) is 28.4 Å². The lowest BCUT2D eigenvalue weighted by Gasteiger charge is -2.46. The van der Waals surface area contributed by atoms with E-state index in [1.165, 1.54) is 64.2 Å². The minimum Gasteiger partial charge on any atom is -0.394 e. The van der Waals surface area contributed by atoms with Gasteiger partial charge in [0.15, 0.2) is 12.6 Å². The predicted molar refractivity (Wildman–Crippen MR) is 159 cm³/mol. The van der Waals surface area contributed by atoms with E-state index in [9.17, 15) is 25.5 Å². The van der Waals surface area contributed by atoms with Crippen molar-refractivity contribution < 1.29 is 54.0 Å². The van der Waals surface area contributed by atoms with E-state index >= 15 is 0 Å². The maximum absolute atomic E-state index is 11.0. The summed E-state index contributed by atoms with van der Waals surface area (Å²) in [6.45, 7) is 2.58. The molecule has 4 saturated heterocycles. The molecule has 0 aromatic heterocycles. The van der Waals surface area contributed by atoms with Crippen LogP contribution in [0.3, 0.4) is 0 Å². The summed E-state index contributed by atoms with van der Waals surface area (Å²) in [4.78, 5) is 0. The molecule has 43 heavy (non-hydrogen) atoms. The molecule has 0 amide bonds. The highest BCUT2D eigenvalue weighted by Gasteiger charge is 2.51. The molecule has 4 fully saturated rings. The standard InChI is InChI=1S/C32H60O11/c1-2-38-22-24-25(34)26(35)30-32(42-24)40-20-18-16-14-12-10-8-6-4-3-5-7-9-11-13-15-17-19-39-29-23(21-33)41-31(43-30)28(37)27(29)36/h23-37H,2-22H2,1H3. The van der Waals surface area contributed by atoms with Crippen molar-refractivity contribution in [1.29, 1.82) is 0 Å². The van der Waals surface area contributed by atoms with E-state index in [-0.39, 0.29) is 6.61 Å². The molecule has 10 unspecified atom stereocenters. The van der Waals surface area contributed by atoms with Crippen molar-refractivity contribution in [2.24, 2.45) is 0 Å². The van der Waals surface area contributed by atoms with Gasteiger partial charge in [-0.2, -0.15) is 0 Å². The van der Waals surface area contributed by atoms with E-state index in [2.05, 4.69) is 0 Å². The summed E-state index contributed by atoms with van der Waals surface area (Å²) in [7, 11) is 0. The summed E-state index contributed by atoms with van der Waals surface area (Å²) in [5.41, 5.74) is 0. The van der Waals surface area contributed by atoms with Gasteiger partial charge in [-0.05, 0) is 19.8 Å². The van der Waals surface area contributed by atoms with Gasteiger partial charge in [-0.1, -0.05) is 89.9 Å². The highest BCUT2D eigenvalue weighted by Crippen LogP contribution is 2.31. The van der Waals surface area contributed by atoms with Gasteiger partial charge in [0.1, 0.15) is 48.8 Å². The third kappa shape index (κ3) is 12.4. The lowest BCUT2D eigenvalue weighted by molar-refractivity contribution is -0.369. The molecule has 0 saturated carbocycles. The number of fused-ring (bicyclic) bond motifs is 21. The van der Waals surface area contributed by atoms with Crippen LogP contribution in [0.2, 0.25) is 0 Å². The molecule has 11 nitrogen and oxygen atoms in total. The van der Waals surface area contributed by atoms with Crippen LogP contribution in [0.1, 0.15) is 110 Å². The van der Waals surface area contributed by atoms with Crippen LogP contribution in [0.4, 0.5) is 0 Å². The molecule has 4 rings (SSSR count). The van der Waals surface area contributed by atoms with Crippen LogP contribution < -0.4 is 0 Å². The second-order valence-electron chi connectivity index (χ2n) is 12.4. The van der Waals surface area contributed by atoms with Gasteiger partial charge in [-0.3, -0.25) is 0 Å². The first-order chi connectivity index (χ1) is 21.0. The molecular weight excluding hydrogens is 560 g/mol. The molecule has 0 spiro atoms. The Morgan fingerprint density at radius 1 is 0.512 bits per heavy atom. The average Bonchev–Trinajstić information content (AvgIpc) is 3.01. The molecule has 254 valence electrons. The van der Waals surface area contributed by atoms with Crippen LogP contribution in [0.15, 0.2) is 0 Å². The van der Waals surface area contributed by atoms with Gasteiger partial charge in [0.2, 0.25) is 0 Å². The molecule has 0 aliphatic carbocycles. The van der Waals surface area contributed by atoms with Crippen molar-refractivity contribution in [2.45, 2.75) is 171 Å². The van der Waals surface area contributed by atoms with Crippen LogP contribution >= 0.6 is 0 Å². The topological polar surface area (TPSA) is 157 Å². The van der Waals surface area contributed by atoms with Gasteiger partial charge in [0.25, 0.3) is 0 Å². The normalized spacial score (nSPS) is 39.5. The van der Waals surface area contributed by atoms with E-state index < -0.39 is 68.0 Å². The summed E-state index contributed by atoms with van der Waals surface area (Å²) in [5.74, 6) is 0. The van der Waals surface area contributed by atoms with E-state index in [1.54, 1.807) is 0 Å².